The second kappa shape index (κ2) is 6.94. The first-order chi connectivity index (χ1) is 13.3. The van der Waals surface area contributed by atoms with Gasteiger partial charge in [0.25, 0.3) is 5.91 Å². The third-order valence-electron chi connectivity index (χ3n) is 4.81. The molecule has 7 nitrogen and oxygen atoms in total. The minimum Gasteiger partial charge on any atom is -0.360 e. The molecule has 2 aromatic heterocycles. The highest BCUT2D eigenvalue weighted by Crippen LogP contribution is 2.29. The standard InChI is InChI=1S/C18H18FN3O4S2/c1-11-17(12(2)26-20-11)28(24,25)22-8-6-21(7-9-22)18(23)16-10-13-14(19)4-3-5-15(13)27-16/h3-5,10H,6-9H2,1-2H3. The first-order valence-corrected chi connectivity index (χ1v) is 10.9. The molecule has 1 fully saturated rings. The van der Waals surface area contributed by atoms with Crippen molar-refractivity contribution >= 4 is 37.4 Å². The van der Waals surface area contributed by atoms with E-state index in [1.54, 1.807) is 36.9 Å². The van der Waals surface area contributed by atoms with Crippen LogP contribution in [0.5, 0.6) is 0 Å². The number of piperazine rings is 1. The molecule has 1 aromatic carbocycles. The highest BCUT2D eigenvalue weighted by Gasteiger charge is 2.34. The summed E-state index contributed by atoms with van der Waals surface area (Å²) >= 11 is 1.24. The van der Waals surface area contributed by atoms with Crippen molar-refractivity contribution in [3.05, 3.63) is 46.4 Å². The zero-order valence-corrected chi connectivity index (χ0v) is 16.9. The minimum absolute atomic E-state index is 0.0901. The van der Waals surface area contributed by atoms with Crippen molar-refractivity contribution in [2.45, 2.75) is 18.7 Å². The van der Waals surface area contributed by atoms with Gasteiger partial charge in [0, 0.05) is 36.3 Å². The maximum absolute atomic E-state index is 13.9. The first kappa shape index (κ1) is 19.0. The molecule has 0 unspecified atom stereocenters. The lowest BCUT2D eigenvalue weighted by Gasteiger charge is -2.33. The number of aromatic nitrogens is 1. The van der Waals surface area contributed by atoms with Crippen molar-refractivity contribution < 1.29 is 22.1 Å². The van der Waals surface area contributed by atoms with Crippen LogP contribution < -0.4 is 0 Å². The van der Waals surface area contributed by atoms with E-state index in [-0.39, 0.29) is 48.6 Å². The van der Waals surface area contributed by atoms with Crippen LogP contribution in [0.3, 0.4) is 0 Å². The number of hydrogen-bond donors (Lipinski definition) is 0. The number of hydrogen-bond acceptors (Lipinski definition) is 6. The van der Waals surface area contributed by atoms with Gasteiger partial charge < -0.3 is 9.42 Å². The van der Waals surface area contributed by atoms with Gasteiger partial charge in [-0.15, -0.1) is 11.3 Å². The fourth-order valence-corrected chi connectivity index (χ4v) is 6.15. The van der Waals surface area contributed by atoms with Crippen LogP contribution in [0.2, 0.25) is 0 Å². The summed E-state index contributed by atoms with van der Waals surface area (Å²) in [7, 11) is -3.73. The Morgan fingerprint density at radius 3 is 2.54 bits per heavy atom. The van der Waals surface area contributed by atoms with Gasteiger partial charge >= 0.3 is 0 Å². The van der Waals surface area contributed by atoms with E-state index in [4.69, 9.17) is 4.52 Å². The number of benzene rings is 1. The number of rotatable bonds is 3. The van der Waals surface area contributed by atoms with E-state index in [9.17, 15) is 17.6 Å². The van der Waals surface area contributed by atoms with Gasteiger partial charge in [-0.25, -0.2) is 12.8 Å². The van der Waals surface area contributed by atoms with Gasteiger partial charge in [-0.2, -0.15) is 4.31 Å². The molecule has 0 spiro atoms. The van der Waals surface area contributed by atoms with Crippen LogP contribution in [0.25, 0.3) is 10.1 Å². The van der Waals surface area contributed by atoms with Gasteiger partial charge in [0.2, 0.25) is 10.0 Å². The third kappa shape index (κ3) is 3.11. The molecule has 28 heavy (non-hydrogen) atoms. The smallest absolute Gasteiger partial charge is 0.264 e. The molecule has 1 saturated heterocycles. The summed E-state index contributed by atoms with van der Waals surface area (Å²) in [6, 6.07) is 6.31. The van der Waals surface area contributed by atoms with E-state index in [0.717, 1.165) is 0 Å². The third-order valence-corrected chi connectivity index (χ3v) is 8.04. The molecule has 0 saturated carbocycles. The Kier molecular flexibility index (Phi) is 4.72. The Balaban J connectivity index is 1.50. The van der Waals surface area contributed by atoms with Gasteiger partial charge in [0.15, 0.2) is 5.76 Å². The van der Waals surface area contributed by atoms with Crippen molar-refractivity contribution in [3.8, 4) is 0 Å². The molecule has 1 aliphatic rings. The van der Waals surface area contributed by atoms with Crippen LogP contribution in [-0.2, 0) is 10.0 Å². The number of amides is 1. The maximum atomic E-state index is 13.9. The largest absolute Gasteiger partial charge is 0.360 e. The van der Waals surface area contributed by atoms with Gasteiger partial charge in [-0.05, 0) is 32.0 Å². The first-order valence-electron chi connectivity index (χ1n) is 8.69. The minimum atomic E-state index is -3.73. The fourth-order valence-electron chi connectivity index (χ4n) is 3.39. The van der Waals surface area contributed by atoms with Gasteiger partial charge in [0.05, 0.1) is 4.88 Å². The van der Waals surface area contributed by atoms with Crippen LogP contribution in [0.15, 0.2) is 33.7 Å². The Morgan fingerprint density at radius 1 is 1.21 bits per heavy atom. The number of carbonyl (C=O) groups is 1. The maximum Gasteiger partial charge on any atom is 0.264 e. The van der Waals surface area contributed by atoms with Crippen molar-refractivity contribution in [3.63, 3.8) is 0 Å². The number of carbonyl (C=O) groups excluding carboxylic acids is 1. The summed E-state index contributed by atoms with van der Waals surface area (Å²) in [5, 5.41) is 4.14. The number of thiophene rings is 1. The summed E-state index contributed by atoms with van der Waals surface area (Å²) < 4.78 is 46.7. The van der Waals surface area contributed by atoms with E-state index in [1.807, 2.05) is 0 Å². The normalized spacial score (nSPS) is 16.0. The highest BCUT2D eigenvalue weighted by atomic mass is 32.2. The lowest BCUT2D eigenvalue weighted by atomic mass is 10.2. The molecule has 0 atom stereocenters. The molecule has 0 bridgehead atoms. The SMILES string of the molecule is Cc1noc(C)c1S(=O)(=O)N1CCN(C(=O)c2cc3c(F)cccc3s2)CC1. The summed E-state index contributed by atoms with van der Waals surface area (Å²) in [6.07, 6.45) is 0. The molecule has 1 aliphatic heterocycles. The van der Waals surface area contributed by atoms with Crippen molar-refractivity contribution in [1.29, 1.82) is 0 Å². The van der Waals surface area contributed by atoms with E-state index < -0.39 is 10.0 Å². The lowest BCUT2D eigenvalue weighted by molar-refractivity contribution is 0.0702. The summed E-state index contributed by atoms with van der Waals surface area (Å²) in [5.41, 5.74) is 0.323. The molecule has 10 heteroatoms. The number of fused-ring (bicyclic) bond motifs is 1. The van der Waals surface area contributed by atoms with Crippen molar-refractivity contribution in [2.75, 3.05) is 26.2 Å². The number of sulfonamides is 1. The van der Waals surface area contributed by atoms with E-state index in [2.05, 4.69) is 5.16 Å². The molecule has 0 N–H and O–H groups in total. The molecule has 0 aliphatic carbocycles. The lowest BCUT2D eigenvalue weighted by Crippen LogP contribution is -2.50. The zero-order valence-electron chi connectivity index (χ0n) is 15.3. The Hall–Kier alpha value is -2.30. The molecule has 3 aromatic rings. The molecule has 3 heterocycles. The van der Waals surface area contributed by atoms with Gasteiger partial charge in [-0.3, -0.25) is 4.79 Å². The monoisotopic (exact) mass is 423 g/mol. The summed E-state index contributed by atoms with van der Waals surface area (Å²) in [4.78, 5) is 14.9. The Bertz CT molecular complexity index is 1140. The summed E-state index contributed by atoms with van der Waals surface area (Å²) in [6.45, 7) is 4.03. The van der Waals surface area contributed by atoms with Crippen LogP contribution in [-0.4, -0.2) is 54.9 Å². The van der Waals surface area contributed by atoms with Crippen LogP contribution in [0.1, 0.15) is 21.1 Å². The van der Waals surface area contributed by atoms with E-state index in [1.165, 1.54) is 21.7 Å². The predicted octanol–water partition coefficient (Wildman–Crippen LogP) is 2.79. The van der Waals surface area contributed by atoms with Gasteiger partial charge in [-0.1, -0.05) is 11.2 Å². The Labute approximate surface area is 165 Å². The number of halogens is 1. The molecular formula is C18H18FN3O4S2. The second-order valence-electron chi connectivity index (χ2n) is 6.61. The fraction of sp³-hybridized carbons (Fsp3) is 0.333. The quantitative estimate of drug-likeness (QED) is 0.647. The predicted molar refractivity (Wildman–Crippen MR) is 102 cm³/mol. The zero-order chi connectivity index (χ0) is 20.1. The molecule has 4 rings (SSSR count). The van der Waals surface area contributed by atoms with E-state index >= 15 is 0 Å². The van der Waals surface area contributed by atoms with Crippen LogP contribution in [0.4, 0.5) is 4.39 Å². The van der Waals surface area contributed by atoms with Gasteiger partial charge in [0.1, 0.15) is 16.4 Å². The second-order valence-corrected chi connectivity index (χ2v) is 9.57. The number of nitrogens with zero attached hydrogens (tertiary/aromatic N) is 3. The average Bonchev–Trinajstić information content (AvgIpc) is 3.25. The van der Waals surface area contributed by atoms with Crippen LogP contribution in [0, 0.1) is 19.7 Å². The van der Waals surface area contributed by atoms with E-state index in [0.29, 0.717) is 20.7 Å². The molecule has 1 amide bonds. The Morgan fingerprint density at radius 2 is 1.93 bits per heavy atom. The highest BCUT2D eigenvalue weighted by molar-refractivity contribution is 7.89. The van der Waals surface area contributed by atoms with Crippen molar-refractivity contribution in [2.24, 2.45) is 0 Å². The van der Waals surface area contributed by atoms with Crippen LogP contribution >= 0.6 is 11.3 Å². The summed E-state index contributed by atoms with van der Waals surface area (Å²) in [5.74, 6) is -0.318. The number of aryl methyl sites for hydroxylation is 2. The molecule has 0 radical (unpaired) electrons. The topological polar surface area (TPSA) is 83.7 Å². The van der Waals surface area contributed by atoms with Crippen molar-refractivity contribution in [1.82, 2.24) is 14.4 Å². The molecule has 148 valence electrons. The average molecular weight is 423 g/mol. The molecular weight excluding hydrogens is 405 g/mol.